The normalized spacial score (nSPS) is 16.2. The first-order chi connectivity index (χ1) is 12.3. The Bertz CT molecular complexity index is 597. The lowest BCUT2D eigenvalue weighted by Gasteiger charge is -2.19. The molecule has 0 unspecified atom stereocenters. The Morgan fingerprint density at radius 3 is 2.35 bits per heavy atom. The van der Waals surface area contributed by atoms with Crippen LogP contribution in [0.5, 0.6) is 5.75 Å². The molecule has 0 bridgehead atoms. The van der Waals surface area contributed by atoms with E-state index in [0.717, 1.165) is 31.4 Å². The lowest BCUT2D eigenvalue weighted by molar-refractivity contribution is -0.155. The minimum absolute atomic E-state index is 0.0948. The SMILES string of the molecule is C[C@H](OC(=O)CCOc1ccc(C(C)(C)C)cc1)C(=O)NC1CCCC1. The van der Waals surface area contributed by atoms with Crippen LogP contribution in [0.25, 0.3) is 0 Å². The molecule has 0 heterocycles. The van der Waals surface area contributed by atoms with Crippen molar-refractivity contribution in [2.24, 2.45) is 0 Å². The Labute approximate surface area is 156 Å². The Hall–Kier alpha value is -2.04. The molecule has 1 fully saturated rings. The van der Waals surface area contributed by atoms with Gasteiger partial charge in [0.1, 0.15) is 5.75 Å². The second-order valence-corrected chi connectivity index (χ2v) is 7.99. The second-order valence-electron chi connectivity index (χ2n) is 7.99. The molecule has 1 aliphatic carbocycles. The van der Waals surface area contributed by atoms with Crippen molar-refractivity contribution in [3.05, 3.63) is 29.8 Å². The minimum Gasteiger partial charge on any atom is -0.493 e. The van der Waals surface area contributed by atoms with Crippen LogP contribution in [-0.2, 0) is 19.7 Å². The van der Waals surface area contributed by atoms with Crippen molar-refractivity contribution >= 4 is 11.9 Å². The van der Waals surface area contributed by atoms with E-state index in [1.807, 2.05) is 24.3 Å². The van der Waals surface area contributed by atoms with E-state index in [1.54, 1.807) is 6.92 Å². The summed E-state index contributed by atoms with van der Waals surface area (Å²) in [6.07, 6.45) is 3.65. The fourth-order valence-electron chi connectivity index (χ4n) is 3.00. The zero-order valence-corrected chi connectivity index (χ0v) is 16.3. The van der Waals surface area contributed by atoms with Crippen LogP contribution in [-0.4, -0.2) is 30.6 Å². The topological polar surface area (TPSA) is 64.6 Å². The molecule has 1 aromatic rings. The number of hydrogen-bond donors (Lipinski definition) is 1. The first-order valence-corrected chi connectivity index (χ1v) is 9.49. The van der Waals surface area contributed by atoms with Gasteiger partial charge in [0.2, 0.25) is 0 Å². The molecule has 0 aliphatic heterocycles. The van der Waals surface area contributed by atoms with Crippen LogP contribution in [0, 0.1) is 0 Å². The molecule has 0 radical (unpaired) electrons. The number of rotatable bonds is 7. The summed E-state index contributed by atoms with van der Waals surface area (Å²) in [4.78, 5) is 23.9. The summed E-state index contributed by atoms with van der Waals surface area (Å²) in [6.45, 7) is 8.30. The summed E-state index contributed by atoms with van der Waals surface area (Å²) in [7, 11) is 0. The number of esters is 1. The molecule has 5 nitrogen and oxygen atoms in total. The second kappa shape index (κ2) is 9.06. The van der Waals surface area contributed by atoms with Crippen molar-refractivity contribution in [2.75, 3.05) is 6.61 Å². The highest BCUT2D eigenvalue weighted by molar-refractivity contribution is 5.83. The fourth-order valence-corrected chi connectivity index (χ4v) is 3.00. The van der Waals surface area contributed by atoms with Crippen LogP contribution < -0.4 is 10.1 Å². The molecule has 26 heavy (non-hydrogen) atoms. The van der Waals surface area contributed by atoms with Gasteiger partial charge in [0.05, 0.1) is 13.0 Å². The summed E-state index contributed by atoms with van der Waals surface area (Å²) < 4.78 is 10.8. The average Bonchev–Trinajstić information content (AvgIpc) is 3.07. The highest BCUT2D eigenvalue weighted by Gasteiger charge is 2.23. The van der Waals surface area contributed by atoms with E-state index in [0.29, 0.717) is 0 Å². The standard InChI is InChI=1S/C21H31NO4/c1-15(20(24)22-17-7-5-6-8-17)26-19(23)13-14-25-18-11-9-16(10-12-18)21(2,3)4/h9-12,15,17H,5-8,13-14H2,1-4H3,(H,22,24)/t15-/m0/s1. The molecular weight excluding hydrogens is 330 g/mol. The largest absolute Gasteiger partial charge is 0.493 e. The number of carbonyl (C=O) groups excluding carboxylic acids is 2. The third-order valence-corrected chi connectivity index (χ3v) is 4.67. The van der Waals surface area contributed by atoms with Gasteiger partial charge in [-0.15, -0.1) is 0 Å². The van der Waals surface area contributed by atoms with Gasteiger partial charge in [-0.2, -0.15) is 0 Å². The molecule has 1 aromatic carbocycles. The number of ether oxygens (including phenoxy) is 2. The van der Waals surface area contributed by atoms with Crippen LogP contribution in [0.2, 0.25) is 0 Å². The number of nitrogens with one attached hydrogen (secondary N) is 1. The summed E-state index contributed by atoms with van der Waals surface area (Å²) in [5.74, 6) is 0.0761. The molecule has 1 aliphatic rings. The van der Waals surface area contributed by atoms with E-state index < -0.39 is 12.1 Å². The smallest absolute Gasteiger partial charge is 0.310 e. The van der Waals surface area contributed by atoms with Crippen LogP contribution in [0.4, 0.5) is 0 Å². The zero-order chi connectivity index (χ0) is 19.2. The maximum atomic E-state index is 12.0. The monoisotopic (exact) mass is 361 g/mol. The summed E-state index contributed by atoms with van der Waals surface area (Å²) in [5, 5.41) is 2.94. The number of hydrogen-bond acceptors (Lipinski definition) is 4. The number of amides is 1. The predicted octanol–water partition coefficient (Wildman–Crippen LogP) is 3.74. The lowest BCUT2D eigenvalue weighted by Crippen LogP contribution is -2.41. The summed E-state index contributed by atoms with van der Waals surface area (Å²) >= 11 is 0. The van der Waals surface area contributed by atoms with E-state index in [4.69, 9.17) is 9.47 Å². The van der Waals surface area contributed by atoms with Crippen molar-refractivity contribution in [1.29, 1.82) is 0 Å². The number of carbonyl (C=O) groups is 2. The van der Waals surface area contributed by atoms with Crippen molar-refractivity contribution in [1.82, 2.24) is 5.32 Å². The maximum absolute atomic E-state index is 12.0. The summed E-state index contributed by atoms with van der Waals surface area (Å²) in [6, 6.07) is 8.10. The molecule has 5 heteroatoms. The van der Waals surface area contributed by atoms with Crippen LogP contribution in [0.15, 0.2) is 24.3 Å². The van der Waals surface area contributed by atoms with Gasteiger partial charge >= 0.3 is 5.97 Å². The number of benzene rings is 1. The maximum Gasteiger partial charge on any atom is 0.310 e. The molecule has 1 saturated carbocycles. The van der Waals surface area contributed by atoms with E-state index >= 15 is 0 Å². The third kappa shape index (κ3) is 6.36. The third-order valence-electron chi connectivity index (χ3n) is 4.67. The molecule has 1 atom stereocenters. The first kappa shape index (κ1) is 20.3. The average molecular weight is 361 g/mol. The molecule has 2 rings (SSSR count). The molecule has 1 N–H and O–H groups in total. The van der Waals surface area contributed by atoms with Gasteiger partial charge in [-0.05, 0) is 42.9 Å². The molecule has 1 amide bonds. The molecule has 0 spiro atoms. The van der Waals surface area contributed by atoms with E-state index in [9.17, 15) is 9.59 Å². The van der Waals surface area contributed by atoms with Crippen molar-refractivity contribution in [2.45, 2.75) is 77.4 Å². The van der Waals surface area contributed by atoms with Gasteiger partial charge in [-0.3, -0.25) is 9.59 Å². The molecule has 144 valence electrons. The summed E-state index contributed by atoms with van der Waals surface area (Å²) in [5.41, 5.74) is 1.32. The van der Waals surface area contributed by atoms with Gasteiger partial charge in [0.15, 0.2) is 6.10 Å². The Balaban J connectivity index is 1.68. The highest BCUT2D eigenvalue weighted by Crippen LogP contribution is 2.24. The van der Waals surface area contributed by atoms with Gasteiger partial charge in [-0.1, -0.05) is 45.7 Å². The Morgan fingerprint density at radius 1 is 1.15 bits per heavy atom. The van der Waals surface area contributed by atoms with Gasteiger partial charge < -0.3 is 14.8 Å². The van der Waals surface area contributed by atoms with E-state index in [1.165, 1.54) is 5.56 Å². The van der Waals surface area contributed by atoms with Crippen LogP contribution >= 0.6 is 0 Å². The van der Waals surface area contributed by atoms with Crippen molar-refractivity contribution in [3.8, 4) is 5.75 Å². The van der Waals surface area contributed by atoms with Crippen molar-refractivity contribution < 1.29 is 19.1 Å². The zero-order valence-electron chi connectivity index (χ0n) is 16.3. The van der Waals surface area contributed by atoms with Gasteiger partial charge in [0.25, 0.3) is 5.91 Å². The van der Waals surface area contributed by atoms with E-state index in [-0.39, 0.29) is 30.4 Å². The molecule has 0 aromatic heterocycles. The van der Waals surface area contributed by atoms with Gasteiger partial charge in [0, 0.05) is 6.04 Å². The van der Waals surface area contributed by atoms with Crippen molar-refractivity contribution in [3.63, 3.8) is 0 Å². The molecule has 0 saturated heterocycles. The van der Waals surface area contributed by atoms with Gasteiger partial charge in [-0.25, -0.2) is 0 Å². The van der Waals surface area contributed by atoms with Crippen LogP contribution in [0.3, 0.4) is 0 Å². The van der Waals surface area contributed by atoms with Crippen LogP contribution in [0.1, 0.15) is 65.4 Å². The fraction of sp³-hybridized carbons (Fsp3) is 0.619. The minimum atomic E-state index is -0.769. The predicted molar refractivity (Wildman–Crippen MR) is 101 cm³/mol. The lowest BCUT2D eigenvalue weighted by atomic mass is 9.87. The quantitative estimate of drug-likeness (QED) is 0.751. The highest BCUT2D eigenvalue weighted by atomic mass is 16.5. The first-order valence-electron chi connectivity index (χ1n) is 9.49. The van der Waals surface area contributed by atoms with E-state index in [2.05, 4.69) is 26.1 Å². The Kier molecular flexibility index (Phi) is 7.06. The molecular formula is C21H31NO4. The Morgan fingerprint density at radius 2 is 1.77 bits per heavy atom.